The second-order valence-electron chi connectivity index (χ2n) is 4.36. The standard InChI is InChI=1S/C10H18O3/c1-5-12-9(11)7-6-8(7)13-10(2,3)4/h7-8H,5-6H2,1-4H3/t7-,8+/m0/s1. The lowest BCUT2D eigenvalue weighted by atomic mass is 10.2. The van der Waals surface area contributed by atoms with Crippen molar-refractivity contribution in [2.75, 3.05) is 6.61 Å². The molecule has 0 amide bonds. The highest BCUT2D eigenvalue weighted by molar-refractivity contribution is 5.76. The van der Waals surface area contributed by atoms with E-state index in [0.29, 0.717) is 6.61 Å². The molecule has 0 saturated heterocycles. The molecule has 1 aliphatic carbocycles. The van der Waals surface area contributed by atoms with Crippen LogP contribution in [0.15, 0.2) is 0 Å². The molecule has 0 aromatic heterocycles. The van der Waals surface area contributed by atoms with Gasteiger partial charge in [0.05, 0.1) is 24.2 Å². The monoisotopic (exact) mass is 186 g/mol. The second-order valence-corrected chi connectivity index (χ2v) is 4.36. The van der Waals surface area contributed by atoms with Gasteiger partial charge in [-0.05, 0) is 34.1 Å². The Morgan fingerprint density at radius 3 is 2.54 bits per heavy atom. The van der Waals surface area contributed by atoms with Crippen molar-refractivity contribution in [2.24, 2.45) is 5.92 Å². The lowest BCUT2D eigenvalue weighted by Gasteiger charge is -2.19. The van der Waals surface area contributed by atoms with Gasteiger partial charge in [-0.1, -0.05) is 0 Å². The summed E-state index contributed by atoms with van der Waals surface area (Å²) < 4.78 is 10.5. The lowest BCUT2D eigenvalue weighted by Crippen LogP contribution is -2.22. The van der Waals surface area contributed by atoms with E-state index in [2.05, 4.69) is 0 Å². The van der Waals surface area contributed by atoms with Crippen LogP contribution in [0.1, 0.15) is 34.1 Å². The van der Waals surface area contributed by atoms with Crippen LogP contribution in [0.4, 0.5) is 0 Å². The molecule has 1 saturated carbocycles. The quantitative estimate of drug-likeness (QED) is 0.630. The van der Waals surface area contributed by atoms with Gasteiger partial charge in [0, 0.05) is 0 Å². The van der Waals surface area contributed by atoms with Crippen molar-refractivity contribution in [1.29, 1.82) is 0 Å². The minimum Gasteiger partial charge on any atom is -0.466 e. The molecule has 0 radical (unpaired) electrons. The molecule has 0 aromatic carbocycles. The Morgan fingerprint density at radius 2 is 2.08 bits per heavy atom. The van der Waals surface area contributed by atoms with Crippen LogP contribution in [-0.2, 0) is 14.3 Å². The summed E-state index contributed by atoms with van der Waals surface area (Å²) in [6.45, 7) is 8.26. The van der Waals surface area contributed by atoms with E-state index in [-0.39, 0.29) is 23.6 Å². The molecule has 0 N–H and O–H groups in total. The second kappa shape index (κ2) is 3.66. The van der Waals surface area contributed by atoms with Crippen molar-refractivity contribution >= 4 is 5.97 Å². The van der Waals surface area contributed by atoms with Crippen molar-refractivity contribution in [3.05, 3.63) is 0 Å². The molecule has 0 unspecified atom stereocenters. The topological polar surface area (TPSA) is 35.5 Å². The fraction of sp³-hybridized carbons (Fsp3) is 0.900. The van der Waals surface area contributed by atoms with Crippen LogP contribution < -0.4 is 0 Å². The van der Waals surface area contributed by atoms with Gasteiger partial charge in [-0.15, -0.1) is 0 Å². The maximum Gasteiger partial charge on any atom is 0.311 e. The molecule has 0 bridgehead atoms. The summed E-state index contributed by atoms with van der Waals surface area (Å²) in [6.07, 6.45) is 0.898. The van der Waals surface area contributed by atoms with Crippen LogP contribution in [0.3, 0.4) is 0 Å². The summed E-state index contributed by atoms with van der Waals surface area (Å²) in [5, 5.41) is 0. The van der Waals surface area contributed by atoms with Crippen molar-refractivity contribution in [2.45, 2.75) is 45.8 Å². The minimum atomic E-state index is -0.161. The van der Waals surface area contributed by atoms with Crippen molar-refractivity contribution in [3.8, 4) is 0 Å². The first-order valence-corrected chi connectivity index (χ1v) is 4.78. The molecule has 0 aromatic rings. The van der Waals surface area contributed by atoms with Crippen LogP contribution in [0.5, 0.6) is 0 Å². The van der Waals surface area contributed by atoms with Crippen LogP contribution in [-0.4, -0.2) is 24.3 Å². The Hall–Kier alpha value is -0.570. The Kier molecular flexibility index (Phi) is 2.96. The van der Waals surface area contributed by atoms with Gasteiger partial charge in [0.2, 0.25) is 0 Å². The van der Waals surface area contributed by atoms with E-state index in [1.54, 1.807) is 0 Å². The molecule has 3 heteroatoms. The maximum absolute atomic E-state index is 11.2. The van der Waals surface area contributed by atoms with E-state index in [1.165, 1.54) is 0 Å². The van der Waals surface area contributed by atoms with Gasteiger partial charge in [0.1, 0.15) is 0 Å². The molecule has 1 fully saturated rings. The Balaban J connectivity index is 2.26. The maximum atomic E-state index is 11.2. The average Bonchev–Trinajstić information content (AvgIpc) is 2.64. The highest BCUT2D eigenvalue weighted by Crippen LogP contribution is 2.37. The number of carbonyl (C=O) groups is 1. The summed E-state index contributed by atoms with van der Waals surface area (Å²) in [6, 6.07) is 0. The number of ether oxygens (including phenoxy) is 2. The summed E-state index contributed by atoms with van der Waals surface area (Å²) in [5.41, 5.74) is -0.161. The average molecular weight is 186 g/mol. The molecule has 0 aliphatic heterocycles. The Labute approximate surface area is 79.4 Å². The van der Waals surface area contributed by atoms with E-state index in [0.717, 1.165) is 6.42 Å². The molecular weight excluding hydrogens is 168 g/mol. The van der Waals surface area contributed by atoms with E-state index in [4.69, 9.17) is 9.47 Å². The van der Waals surface area contributed by atoms with Crippen LogP contribution in [0.25, 0.3) is 0 Å². The van der Waals surface area contributed by atoms with Crippen LogP contribution in [0, 0.1) is 5.92 Å². The normalized spacial score (nSPS) is 27.1. The van der Waals surface area contributed by atoms with E-state index >= 15 is 0 Å². The van der Waals surface area contributed by atoms with Gasteiger partial charge >= 0.3 is 5.97 Å². The third-order valence-corrected chi connectivity index (χ3v) is 1.83. The van der Waals surface area contributed by atoms with E-state index in [9.17, 15) is 4.79 Å². The predicted octanol–water partition coefficient (Wildman–Crippen LogP) is 1.75. The number of carbonyl (C=O) groups excluding carboxylic acids is 1. The summed E-state index contributed by atoms with van der Waals surface area (Å²) in [7, 11) is 0. The predicted molar refractivity (Wildman–Crippen MR) is 49.4 cm³/mol. The summed E-state index contributed by atoms with van der Waals surface area (Å²) in [5.74, 6) is -0.129. The van der Waals surface area contributed by atoms with E-state index < -0.39 is 0 Å². The Bertz CT molecular complexity index is 193. The molecule has 3 nitrogen and oxygen atoms in total. The molecule has 13 heavy (non-hydrogen) atoms. The van der Waals surface area contributed by atoms with Gasteiger partial charge in [0.15, 0.2) is 0 Å². The van der Waals surface area contributed by atoms with Crippen molar-refractivity contribution < 1.29 is 14.3 Å². The minimum absolute atomic E-state index is 0.0147. The van der Waals surface area contributed by atoms with Gasteiger partial charge in [0.25, 0.3) is 0 Å². The summed E-state index contributed by atoms with van der Waals surface area (Å²) >= 11 is 0. The number of hydrogen-bond acceptors (Lipinski definition) is 3. The molecule has 1 rings (SSSR count). The lowest BCUT2D eigenvalue weighted by molar-refractivity contribution is -0.146. The molecule has 76 valence electrons. The molecular formula is C10H18O3. The zero-order valence-electron chi connectivity index (χ0n) is 8.79. The number of rotatable bonds is 3. The van der Waals surface area contributed by atoms with E-state index in [1.807, 2.05) is 27.7 Å². The van der Waals surface area contributed by atoms with Gasteiger partial charge in [-0.2, -0.15) is 0 Å². The SMILES string of the molecule is CCOC(=O)[C@H]1C[C@H]1OC(C)(C)C. The summed E-state index contributed by atoms with van der Waals surface area (Å²) in [4.78, 5) is 11.2. The Morgan fingerprint density at radius 1 is 1.46 bits per heavy atom. The van der Waals surface area contributed by atoms with Gasteiger partial charge < -0.3 is 9.47 Å². The first-order valence-electron chi connectivity index (χ1n) is 4.78. The first kappa shape index (κ1) is 10.5. The largest absolute Gasteiger partial charge is 0.466 e. The zero-order valence-corrected chi connectivity index (χ0v) is 8.79. The van der Waals surface area contributed by atoms with Crippen molar-refractivity contribution in [1.82, 2.24) is 0 Å². The van der Waals surface area contributed by atoms with Gasteiger partial charge in [-0.3, -0.25) is 4.79 Å². The number of esters is 1. The van der Waals surface area contributed by atoms with Crippen LogP contribution in [0.2, 0.25) is 0 Å². The first-order chi connectivity index (χ1) is 5.94. The highest BCUT2D eigenvalue weighted by Gasteiger charge is 2.47. The zero-order chi connectivity index (χ0) is 10.1. The highest BCUT2D eigenvalue weighted by atomic mass is 16.5. The third-order valence-electron chi connectivity index (χ3n) is 1.83. The molecule has 0 heterocycles. The van der Waals surface area contributed by atoms with Crippen LogP contribution >= 0.6 is 0 Å². The smallest absolute Gasteiger partial charge is 0.311 e. The molecule has 2 atom stereocenters. The third kappa shape index (κ3) is 3.35. The molecule has 1 aliphatic rings. The van der Waals surface area contributed by atoms with Crippen molar-refractivity contribution in [3.63, 3.8) is 0 Å². The fourth-order valence-electron chi connectivity index (χ4n) is 1.25. The number of hydrogen-bond donors (Lipinski definition) is 0. The fourth-order valence-corrected chi connectivity index (χ4v) is 1.25. The molecule has 0 spiro atoms. The van der Waals surface area contributed by atoms with Gasteiger partial charge in [-0.25, -0.2) is 0 Å².